The van der Waals surface area contributed by atoms with Gasteiger partial charge in [-0.3, -0.25) is 4.79 Å². The molecule has 0 heterocycles. The molecular weight excluding hydrogens is 224 g/mol. The van der Waals surface area contributed by atoms with E-state index in [-0.39, 0.29) is 5.91 Å². The molecule has 1 aromatic carbocycles. The number of hydrogen-bond acceptors (Lipinski definition) is 2. The van der Waals surface area contributed by atoms with Crippen molar-refractivity contribution in [3.8, 4) is 6.07 Å². The number of halogens is 1. The first-order chi connectivity index (χ1) is 7.67. The van der Waals surface area contributed by atoms with E-state index in [9.17, 15) is 4.79 Å². The molecule has 0 saturated heterocycles. The third kappa shape index (κ3) is 3.56. The van der Waals surface area contributed by atoms with Crippen LogP contribution in [0.3, 0.4) is 0 Å². The van der Waals surface area contributed by atoms with E-state index < -0.39 is 5.92 Å². The molecule has 0 aliphatic carbocycles. The van der Waals surface area contributed by atoms with Crippen molar-refractivity contribution >= 4 is 17.5 Å². The van der Waals surface area contributed by atoms with E-state index in [0.717, 1.165) is 5.56 Å². The number of carbonyl (C=O) groups is 1. The lowest BCUT2D eigenvalue weighted by Crippen LogP contribution is -2.29. The third-order valence-corrected chi connectivity index (χ3v) is 2.47. The fraction of sp³-hybridized carbons (Fsp3) is 0.333. The molecule has 84 valence electrons. The molecule has 4 heteroatoms. The second-order valence-corrected chi connectivity index (χ2v) is 3.87. The van der Waals surface area contributed by atoms with Gasteiger partial charge in [0.25, 0.3) is 0 Å². The number of amides is 1. The summed E-state index contributed by atoms with van der Waals surface area (Å²) in [6.45, 7) is 2.21. The van der Waals surface area contributed by atoms with Crippen molar-refractivity contribution in [2.75, 3.05) is 0 Å². The summed E-state index contributed by atoms with van der Waals surface area (Å²) in [5.74, 6) is -0.802. The first-order valence-corrected chi connectivity index (χ1v) is 5.47. The molecule has 16 heavy (non-hydrogen) atoms. The summed E-state index contributed by atoms with van der Waals surface area (Å²) in [5, 5.41) is 12.1. The number of hydrogen-bond donors (Lipinski definition) is 1. The highest BCUT2D eigenvalue weighted by atomic mass is 35.5. The van der Waals surface area contributed by atoms with Crippen LogP contribution in [0.15, 0.2) is 24.3 Å². The Balaban J connectivity index is 2.52. The van der Waals surface area contributed by atoms with Crippen LogP contribution in [-0.4, -0.2) is 5.91 Å². The SMILES string of the molecule is CCC(C#N)C(=O)NCc1cccc(Cl)c1. The maximum absolute atomic E-state index is 11.5. The number of nitrogens with zero attached hydrogens (tertiary/aromatic N) is 1. The van der Waals surface area contributed by atoms with Crippen molar-refractivity contribution in [3.63, 3.8) is 0 Å². The predicted octanol–water partition coefficient (Wildman–Crippen LogP) is 2.51. The monoisotopic (exact) mass is 236 g/mol. The Morgan fingerprint density at radius 3 is 2.94 bits per heavy atom. The van der Waals surface area contributed by atoms with Crippen LogP contribution in [-0.2, 0) is 11.3 Å². The van der Waals surface area contributed by atoms with E-state index in [1.807, 2.05) is 25.1 Å². The lowest BCUT2D eigenvalue weighted by Gasteiger charge is -2.08. The van der Waals surface area contributed by atoms with Crippen LogP contribution >= 0.6 is 11.6 Å². The molecule has 3 nitrogen and oxygen atoms in total. The second-order valence-electron chi connectivity index (χ2n) is 3.44. The minimum Gasteiger partial charge on any atom is -0.351 e. The maximum atomic E-state index is 11.5. The molecule has 0 aliphatic heterocycles. The first kappa shape index (κ1) is 12.5. The quantitative estimate of drug-likeness (QED) is 0.873. The van der Waals surface area contributed by atoms with E-state index in [2.05, 4.69) is 5.32 Å². The van der Waals surface area contributed by atoms with Crippen molar-refractivity contribution in [1.29, 1.82) is 5.26 Å². The maximum Gasteiger partial charge on any atom is 0.237 e. The summed E-state index contributed by atoms with van der Waals surface area (Å²) in [4.78, 5) is 11.5. The van der Waals surface area contributed by atoms with Gasteiger partial charge in [-0.2, -0.15) is 5.26 Å². The Morgan fingerprint density at radius 2 is 2.38 bits per heavy atom. The van der Waals surface area contributed by atoms with Crippen molar-refractivity contribution in [1.82, 2.24) is 5.32 Å². The average Bonchev–Trinajstić information content (AvgIpc) is 2.28. The molecule has 0 spiro atoms. The third-order valence-electron chi connectivity index (χ3n) is 2.24. The van der Waals surface area contributed by atoms with E-state index in [4.69, 9.17) is 16.9 Å². The Hall–Kier alpha value is -1.53. The topological polar surface area (TPSA) is 52.9 Å². The smallest absolute Gasteiger partial charge is 0.237 e. The van der Waals surface area contributed by atoms with Gasteiger partial charge in [0.05, 0.1) is 6.07 Å². The predicted molar refractivity (Wildman–Crippen MR) is 62.7 cm³/mol. The van der Waals surface area contributed by atoms with Crippen molar-refractivity contribution < 1.29 is 4.79 Å². The van der Waals surface area contributed by atoms with Crippen LogP contribution in [0.4, 0.5) is 0 Å². The molecular formula is C12H13ClN2O. The normalized spacial score (nSPS) is 11.6. The van der Waals surface area contributed by atoms with Gasteiger partial charge in [-0.25, -0.2) is 0 Å². The van der Waals surface area contributed by atoms with Gasteiger partial charge < -0.3 is 5.32 Å². The van der Waals surface area contributed by atoms with Crippen molar-refractivity contribution in [2.24, 2.45) is 5.92 Å². The number of rotatable bonds is 4. The molecule has 1 atom stereocenters. The lowest BCUT2D eigenvalue weighted by atomic mass is 10.1. The molecule has 1 aromatic rings. The van der Waals surface area contributed by atoms with Crippen LogP contribution in [0.1, 0.15) is 18.9 Å². The fourth-order valence-electron chi connectivity index (χ4n) is 1.29. The van der Waals surface area contributed by atoms with Gasteiger partial charge in [0.1, 0.15) is 5.92 Å². The van der Waals surface area contributed by atoms with E-state index in [1.165, 1.54) is 0 Å². The molecule has 0 fully saturated rings. The number of benzene rings is 1. The molecule has 1 amide bonds. The van der Waals surface area contributed by atoms with Gasteiger partial charge in [-0.15, -0.1) is 0 Å². The summed E-state index contributed by atoms with van der Waals surface area (Å²) in [6, 6.07) is 9.22. The van der Waals surface area contributed by atoms with Crippen LogP contribution in [0.2, 0.25) is 5.02 Å². The highest BCUT2D eigenvalue weighted by Gasteiger charge is 2.14. The molecule has 0 saturated carbocycles. The van der Waals surface area contributed by atoms with E-state index >= 15 is 0 Å². The number of nitrogens with one attached hydrogen (secondary N) is 1. The molecule has 0 aliphatic rings. The zero-order valence-corrected chi connectivity index (χ0v) is 9.79. The summed E-state index contributed by atoms with van der Waals surface area (Å²) in [7, 11) is 0. The highest BCUT2D eigenvalue weighted by Crippen LogP contribution is 2.10. The Bertz CT molecular complexity index is 412. The second kappa shape index (κ2) is 6.14. The minimum atomic E-state index is -0.570. The standard InChI is InChI=1S/C12H13ClN2O/c1-2-10(7-14)12(16)15-8-9-4-3-5-11(13)6-9/h3-6,10H,2,8H2,1H3,(H,15,16). The van der Waals surface area contributed by atoms with Gasteiger partial charge in [-0.1, -0.05) is 30.7 Å². The Morgan fingerprint density at radius 1 is 1.62 bits per heavy atom. The van der Waals surface area contributed by atoms with E-state index in [0.29, 0.717) is 18.0 Å². The summed E-state index contributed by atoms with van der Waals surface area (Å²) < 4.78 is 0. The van der Waals surface area contributed by atoms with Crippen molar-refractivity contribution in [3.05, 3.63) is 34.9 Å². The molecule has 0 bridgehead atoms. The molecule has 0 aromatic heterocycles. The summed E-state index contributed by atoms with van der Waals surface area (Å²) >= 11 is 5.81. The van der Waals surface area contributed by atoms with Gasteiger partial charge >= 0.3 is 0 Å². The van der Waals surface area contributed by atoms with E-state index in [1.54, 1.807) is 12.1 Å². The van der Waals surface area contributed by atoms with Crippen LogP contribution in [0, 0.1) is 17.2 Å². The summed E-state index contributed by atoms with van der Waals surface area (Å²) in [5.41, 5.74) is 0.925. The van der Waals surface area contributed by atoms with Crippen LogP contribution < -0.4 is 5.32 Å². The fourth-order valence-corrected chi connectivity index (χ4v) is 1.51. The molecule has 1 N–H and O–H groups in total. The highest BCUT2D eigenvalue weighted by molar-refractivity contribution is 6.30. The van der Waals surface area contributed by atoms with Gasteiger partial charge in [0.15, 0.2) is 0 Å². The molecule has 1 rings (SSSR count). The zero-order valence-electron chi connectivity index (χ0n) is 9.03. The van der Waals surface area contributed by atoms with Gasteiger partial charge in [0.2, 0.25) is 5.91 Å². The Labute approximate surface area is 100 Å². The molecule has 0 radical (unpaired) electrons. The minimum absolute atomic E-state index is 0.232. The van der Waals surface area contributed by atoms with Crippen molar-refractivity contribution in [2.45, 2.75) is 19.9 Å². The van der Waals surface area contributed by atoms with Gasteiger partial charge in [0, 0.05) is 11.6 Å². The molecule has 1 unspecified atom stereocenters. The number of carbonyl (C=O) groups excluding carboxylic acids is 1. The average molecular weight is 237 g/mol. The number of nitriles is 1. The summed E-state index contributed by atoms with van der Waals surface area (Å²) in [6.07, 6.45) is 0.526. The first-order valence-electron chi connectivity index (χ1n) is 5.09. The van der Waals surface area contributed by atoms with Crippen LogP contribution in [0.25, 0.3) is 0 Å². The largest absolute Gasteiger partial charge is 0.351 e. The Kier molecular flexibility index (Phi) is 4.81. The van der Waals surface area contributed by atoms with Crippen LogP contribution in [0.5, 0.6) is 0 Å². The van der Waals surface area contributed by atoms with Gasteiger partial charge in [-0.05, 0) is 24.1 Å². The lowest BCUT2D eigenvalue weighted by molar-refractivity contribution is -0.123. The zero-order chi connectivity index (χ0) is 12.0.